The average Bonchev–Trinajstić information content (AvgIpc) is 2.62. The van der Waals surface area contributed by atoms with Crippen LogP contribution in [0.1, 0.15) is 62.6 Å². The summed E-state index contributed by atoms with van der Waals surface area (Å²) in [4.78, 5) is 24.3. The first-order valence-corrected chi connectivity index (χ1v) is 9.55. The van der Waals surface area contributed by atoms with Crippen molar-refractivity contribution in [2.75, 3.05) is 6.54 Å². The summed E-state index contributed by atoms with van der Waals surface area (Å²) in [6.07, 6.45) is 7.70. The normalized spacial score (nSPS) is 25.6. The summed E-state index contributed by atoms with van der Waals surface area (Å²) in [5, 5.41) is 8.78. The Hall–Kier alpha value is -2.04. The molecule has 25 heavy (non-hydrogen) atoms. The molecular weight excluding hydrogens is 314 g/mol. The van der Waals surface area contributed by atoms with Gasteiger partial charge in [0.2, 0.25) is 5.91 Å². The van der Waals surface area contributed by atoms with Crippen LogP contribution >= 0.6 is 0 Å². The van der Waals surface area contributed by atoms with Crippen LogP contribution in [-0.2, 0) is 11.2 Å². The van der Waals surface area contributed by atoms with Gasteiger partial charge in [0.05, 0.1) is 12.6 Å². The van der Waals surface area contributed by atoms with Crippen LogP contribution in [0.2, 0.25) is 0 Å². The number of carbonyl (C=O) groups is 2. The summed E-state index contributed by atoms with van der Waals surface area (Å²) >= 11 is 0. The second kappa shape index (κ2) is 8.37. The van der Waals surface area contributed by atoms with E-state index in [0.717, 1.165) is 38.5 Å². The lowest BCUT2D eigenvalue weighted by Gasteiger charge is -2.29. The maximum atomic E-state index is 12.2. The number of aryl methyl sites for hydroxylation is 1. The number of rotatable bonds is 4. The molecule has 0 heterocycles. The maximum Gasteiger partial charge on any atom is 0.315 e. The molecule has 3 N–H and O–H groups in total. The topological polar surface area (TPSA) is 70.2 Å². The molecule has 0 bridgehead atoms. The summed E-state index contributed by atoms with van der Waals surface area (Å²) in [5.41, 5.74) is 2.53. The monoisotopic (exact) mass is 343 g/mol. The molecule has 0 unspecified atom stereocenters. The Morgan fingerprint density at radius 1 is 1.04 bits per heavy atom. The lowest BCUT2D eigenvalue weighted by molar-refractivity contribution is -0.120. The van der Waals surface area contributed by atoms with E-state index >= 15 is 0 Å². The van der Waals surface area contributed by atoms with Gasteiger partial charge in [-0.1, -0.05) is 44.0 Å². The van der Waals surface area contributed by atoms with Gasteiger partial charge < -0.3 is 16.0 Å². The molecule has 5 nitrogen and oxygen atoms in total. The molecule has 1 aromatic carbocycles. The highest BCUT2D eigenvalue weighted by Gasteiger charge is 2.24. The van der Waals surface area contributed by atoms with Crippen molar-refractivity contribution in [3.63, 3.8) is 0 Å². The van der Waals surface area contributed by atoms with Crippen molar-refractivity contribution in [1.29, 1.82) is 0 Å². The lowest BCUT2D eigenvalue weighted by atomic mass is 9.86. The Morgan fingerprint density at radius 3 is 2.68 bits per heavy atom. The van der Waals surface area contributed by atoms with Crippen molar-refractivity contribution in [1.82, 2.24) is 16.0 Å². The number of benzene rings is 1. The third kappa shape index (κ3) is 4.74. The minimum absolute atomic E-state index is 0.0194. The summed E-state index contributed by atoms with van der Waals surface area (Å²) < 4.78 is 0. The summed E-state index contributed by atoms with van der Waals surface area (Å²) in [6.45, 7) is 2.20. The molecule has 0 radical (unpaired) electrons. The molecule has 0 aliphatic heterocycles. The molecule has 1 fully saturated rings. The second-order valence-electron chi connectivity index (χ2n) is 7.41. The fraction of sp³-hybridized carbons (Fsp3) is 0.600. The van der Waals surface area contributed by atoms with E-state index in [1.165, 1.54) is 17.5 Å². The van der Waals surface area contributed by atoms with Gasteiger partial charge >= 0.3 is 6.03 Å². The molecule has 2 aliphatic carbocycles. The third-order valence-corrected chi connectivity index (χ3v) is 5.54. The van der Waals surface area contributed by atoms with Gasteiger partial charge in [-0.2, -0.15) is 0 Å². The fourth-order valence-corrected chi connectivity index (χ4v) is 4.06. The van der Waals surface area contributed by atoms with Crippen molar-refractivity contribution in [3.8, 4) is 0 Å². The molecule has 0 aromatic heterocycles. The van der Waals surface area contributed by atoms with Gasteiger partial charge in [-0.3, -0.25) is 4.79 Å². The largest absolute Gasteiger partial charge is 0.348 e. The zero-order chi connectivity index (χ0) is 17.6. The number of nitrogens with one attached hydrogen (secondary N) is 3. The Labute approximate surface area is 150 Å². The summed E-state index contributed by atoms with van der Waals surface area (Å²) in [7, 11) is 0. The Morgan fingerprint density at radius 2 is 1.84 bits per heavy atom. The van der Waals surface area contributed by atoms with Crippen molar-refractivity contribution in [3.05, 3.63) is 35.4 Å². The van der Waals surface area contributed by atoms with E-state index in [1.54, 1.807) is 0 Å². The molecule has 3 atom stereocenters. The zero-order valence-electron chi connectivity index (χ0n) is 15.0. The van der Waals surface area contributed by atoms with Gasteiger partial charge in [-0.25, -0.2) is 4.79 Å². The van der Waals surface area contributed by atoms with Crippen LogP contribution < -0.4 is 16.0 Å². The van der Waals surface area contributed by atoms with Gasteiger partial charge in [-0.15, -0.1) is 0 Å². The van der Waals surface area contributed by atoms with Crippen LogP contribution in [0.4, 0.5) is 4.79 Å². The van der Waals surface area contributed by atoms with Crippen molar-refractivity contribution in [2.45, 2.75) is 64.0 Å². The highest BCUT2D eigenvalue weighted by molar-refractivity contribution is 5.84. The van der Waals surface area contributed by atoms with E-state index in [4.69, 9.17) is 0 Å². The predicted molar refractivity (Wildman–Crippen MR) is 98.2 cm³/mol. The standard InChI is InChI=1S/C20H29N3O2/c1-14-7-2-5-11-17(14)23-20(25)21-13-19(24)22-18-12-6-9-15-8-3-4-10-16(15)18/h3-4,8,10,14,17-18H,2,5-7,9,11-13H2,1H3,(H,22,24)(H2,21,23,25)/t14-,17-,18-/m1/s1. The first-order valence-electron chi connectivity index (χ1n) is 9.55. The fourth-order valence-electron chi connectivity index (χ4n) is 4.06. The summed E-state index contributed by atoms with van der Waals surface area (Å²) in [6, 6.07) is 8.32. The first-order chi connectivity index (χ1) is 12.1. The number of fused-ring (bicyclic) bond motifs is 1. The molecule has 3 amide bonds. The van der Waals surface area contributed by atoms with Crippen LogP contribution in [-0.4, -0.2) is 24.5 Å². The van der Waals surface area contributed by atoms with Crippen molar-refractivity contribution in [2.24, 2.45) is 5.92 Å². The Balaban J connectivity index is 1.45. The minimum atomic E-state index is -0.238. The van der Waals surface area contributed by atoms with E-state index in [2.05, 4.69) is 35.0 Å². The number of hydrogen-bond donors (Lipinski definition) is 3. The number of hydrogen-bond acceptors (Lipinski definition) is 2. The number of amides is 3. The van der Waals surface area contributed by atoms with Crippen LogP contribution in [0.15, 0.2) is 24.3 Å². The van der Waals surface area contributed by atoms with E-state index in [9.17, 15) is 9.59 Å². The molecule has 3 rings (SSSR count). The van der Waals surface area contributed by atoms with E-state index in [0.29, 0.717) is 5.92 Å². The lowest BCUT2D eigenvalue weighted by Crippen LogP contribution is -2.48. The molecule has 0 spiro atoms. The molecular formula is C20H29N3O2. The minimum Gasteiger partial charge on any atom is -0.348 e. The Bertz CT molecular complexity index is 617. The van der Waals surface area contributed by atoms with Gasteiger partial charge in [-0.05, 0) is 49.1 Å². The van der Waals surface area contributed by atoms with Crippen molar-refractivity contribution < 1.29 is 9.59 Å². The molecule has 0 saturated heterocycles. The van der Waals surface area contributed by atoms with E-state index < -0.39 is 0 Å². The SMILES string of the molecule is C[C@@H]1CCCC[C@H]1NC(=O)NCC(=O)N[C@@H]1CCCc2ccccc21. The van der Waals surface area contributed by atoms with Crippen LogP contribution in [0.5, 0.6) is 0 Å². The molecule has 5 heteroatoms. The van der Waals surface area contributed by atoms with E-state index in [-0.39, 0.29) is 30.6 Å². The van der Waals surface area contributed by atoms with Gasteiger partial charge in [0.15, 0.2) is 0 Å². The quantitative estimate of drug-likeness (QED) is 0.786. The van der Waals surface area contributed by atoms with Crippen LogP contribution in [0.25, 0.3) is 0 Å². The smallest absolute Gasteiger partial charge is 0.315 e. The number of urea groups is 1. The second-order valence-corrected chi connectivity index (χ2v) is 7.41. The maximum absolute atomic E-state index is 12.2. The van der Waals surface area contributed by atoms with E-state index in [1.807, 2.05) is 12.1 Å². The number of carbonyl (C=O) groups excluding carboxylic acids is 2. The van der Waals surface area contributed by atoms with Gasteiger partial charge in [0.25, 0.3) is 0 Å². The first kappa shape index (κ1) is 17.8. The third-order valence-electron chi connectivity index (χ3n) is 5.54. The summed E-state index contributed by atoms with van der Waals surface area (Å²) in [5.74, 6) is 0.376. The average molecular weight is 343 g/mol. The zero-order valence-corrected chi connectivity index (χ0v) is 15.0. The highest BCUT2D eigenvalue weighted by Crippen LogP contribution is 2.29. The highest BCUT2D eigenvalue weighted by atomic mass is 16.2. The molecule has 136 valence electrons. The molecule has 1 saturated carbocycles. The Kier molecular flexibility index (Phi) is 5.95. The van der Waals surface area contributed by atoms with Crippen molar-refractivity contribution >= 4 is 11.9 Å². The molecule has 2 aliphatic rings. The van der Waals surface area contributed by atoms with Gasteiger partial charge in [0.1, 0.15) is 0 Å². The molecule has 1 aromatic rings. The predicted octanol–water partition coefficient (Wildman–Crippen LogP) is 3.06. The van der Waals surface area contributed by atoms with Crippen LogP contribution in [0, 0.1) is 5.92 Å². The van der Waals surface area contributed by atoms with Crippen LogP contribution in [0.3, 0.4) is 0 Å². The van der Waals surface area contributed by atoms with Gasteiger partial charge in [0, 0.05) is 6.04 Å².